The number of hydrogen-bond donors (Lipinski definition) is 1. The second kappa shape index (κ2) is 2.13. The Kier molecular flexibility index (Phi) is 1.15. The second-order valence-corrected chi connectivity index (χ2v) is 2.07. The summed E-state index contributed by atoms with van der Waals surface area (Å²) in [4.78, 5) is 21.4. The summed E-state index contributed by atoms with van der Waals surface area (Å²) in [5, 5.41) is 10.9. The second-order valence-electron chi connectivity index (χ2n) is 2.07. The maximum absolute atomic E-state index is 11.2. The quantitative estimate of drug-likeness (QED) is 0.549. The van der Waals surface area contributed by atoms with Gasteiger partial charge in [0.15, 0.2) is 4.98 Å². The molecule has 2 rings (SSSR count). The van der Waals surface area contributed by atoms with Gasteiger partial charge in [-0.15, -0.1) is 0 Å². The van der Waals surface area contributed by atoms with Gasteiger partial charge in [0.2, 0.25) is 5.39 Å². The molecule has 2 heterocycles. The molecule has 0 atom stereocenters. The SMILES string of the molecule is N#[N+]c1cnc2nc[nH]n2c1=O. The molecule has 7 nitrogen and oxygen atoms in total. The molecule has 0 bridgehead atoms. The Bertz CT molecular complexity index is 516. The van der Waals surface area contributed by atoms with Gasteiger partial charge >= 0.3 is 11.2 Å². The normalized spacial score (nSPS) is 9.92. The van der Waals surface area contributed by atoms with Crippen LogP contribution in [0.15, 0.2) is 17.3 Å². The van der Waals surface area contributed by atoms with Gasteiger partial charge in [-0.25, -0.2) is 9.97 Å². The lowest BCUT2D eigenvalue weighted by molar-refractivity contribution is 0.903. The van der Waals surface area contributed by atoms with Gasteiger partial charge in [0, 0.05) is 0 Å². The summed E-state index contributed by atoms with van der Waals surface area (Å²) in [6, 6.07) is 0. The molecular weight excluding hydrogens is 160 g/mol. The van der Waals surface area contributed by atoms with E-state index in [1.165, 1.54) is 6.33 Å². The number of nitrogens with one attached hydrogen (secondary N) is 1. The van der Waals surface area contributed by atoms with Crippen LogP contribution in [0.3, 0.4) is 0 Å². The van der Waals surface area contributed by atoms with Crippen molar-refractivity contribution in [3.63, 3.8) is 0 Å². The van der Waals surface area contributed by atoms with Crippen LogP contribution in [0.1, 0.15) is 0 Å². The predicted molar refractivity (Wildman–Crippen MR) is 38.4 cm³/mol. The molecule has 58 valence electrons. The Morgan fingerprint density at radius 3 is 3.17 bits per heavy atom. The highest BCUT2D eigenvalue weighted by atomic mass is 16.1. The molecule has 0 saturated heterocycles. The first-order valence-electron chi connectivity index (χ1n) is 3.09. The standard InChI is InChI=1S/C5H2N6O/c6-10-3-1-7-5-8-2-9-11(5)4(3)12/h1-2H/p+1. The molecule has 0 radical (unpaired) electrons. The molecule has 0 aliphatic rings. The fraction of sp³-hybridized carbons (Fsp3) is 0. The van der Waals surface area contributed by atoms with Crippen molar-refractivity contribution in [1.29, 1.82) is 5.39 Å². The van der Waals surface area contributed by atoms with E-state index in [0.29, 0.717) is 0 Å². The Labute approximate surface area is 65.3 Å². The zero-order valence-electron chi connectivity index (χ0n) is 5.80. The van der Waals surface area contributed by atoms with Gasteiger partial charge in [0.25, 0.3) is 5.78 Å². The lowest BCUT2D eigenvalue weighted by Crippen LogP contribution is -2.13. The van der Waals surface area contributed by atoms with Crippen molar-refractivity contribution in [1.82, 2.24) is 19.6 Å². The number of fused-ring (bicyclic) bond motifs is 1. The van der Waals surface area contributed by atoms with Gasteiger partial charge in [0.05, 0.1) is 0 Å². The van der Waals surface area contributed by atoms with E-state index in [1.54, 1.807) is 0 Å². The first kappa shape index (κ1) is 6.48. The molecule has 12 heavy (non-hydrogen) atoms. The average Bonchev–Trinajstić information content (AvgIpc) is 2.53. The minimum absolute atomic E-state index is 0.128. The smallest absolute Gasteiger partial charge is 0.277 e. The molecule has 0 saturated carbocycles. The van der Waals surface area contributed by atoms with Crippen molar-refractivity contribution in [2.24, 2.45) is 0 Å². The van der Waals surface area contributed by atoms with E-state index in [9.17, 15) is 4.79 Å². The minimum atomic E-state index is -0.486. The number of diazo groups is 1. The number of rotatable bonds is 0. The van der Waals surface area contributed by atoms with Crippen molar-refractivity contribution in [2.75, 3.05) is 0 Å². The molecule has 0 amide bonds. The van der Waals surface area contributed by atoms with E-state index in [2.05, 4.69) is 20.0 Å². The van der Waals surface area contributed by atoms with Crippen LogP contribution in [-0.4, -0.2) is 19.6 Å². The highest BCUT2D eigenvalue weighted by Crippen LogP contribution is 2.00. The zero-order valence-corrected chi connectivity index (χ0v) is 5.80. The van der Waals surface area contributed by atoms with Gasteiger partial charge in [0.1, 0.15) is 12.5 Å². The number of hydrogen-bond acceptors (Lipinski definition) is 4. The zero-order chi connectivity index (χ0) is 8.55. The highest BCUT2D eigenvalue weighted by molar-refractivity contribution is 5.42. The minimum Gasteiger partial charge on any atom is -0.277 e. The van der Waals surface area contributed by atoms with Gasteiger partial charge in [-0.2, -0.15) is 4.52 Å². The fourth-order valence-electron chi connectivity index (χ4n) is 0.858. The van der Waals surface area contributed by atoms with Gasteiger partial charge < -0.3 is 0 Å². The van der Waals surface area contributed by atoms with E-state index in [1.807, 2.05) is 0 Å². The average molecular weight is 163 g/mol. The monoisotopic (exact) mass is 163 g/mol. The summed E-state index contributed by atoms with van der Waals surface area (Å²) in [7, 11) is 0. The van der Waals surface area contributed by atoms with Crippen LogP contribution in [0.2, 0.25) is 0 Å². The number of aromatic amines is 1. The largest absolute Gasteiger partial charge is 0.469 e. The third-order valence-electron chi connectivity index (χ3n) is 1.40. The summed E-state index contributed by atoms with van der Waals surface area (Å²) in [5.74, 6) is 0.243. The maximum Gasteiger partial charge on any atom is 0.469 e. The Hall–Kier alpha value is -2.23. The van der Waals surface area contributed by atoms with Crippen LogP contribution in [0.5, 0.6) is 0 Å². The van der Waals surface area contributed by atoms with Crippen molar-refractivity contribution in [3.05, 3.63) is 27.9 Å². The van der Waals surface area contributed by atoms with Crippen LogP contribution in [0.25, 0.3) is 10.8 Å². The van der Waals surface area contributed by atoms with Gasteiger partial charge in [-0.1, -0.05) is 0 Å². The Morgan fingerprint density at radius 2 is 2.42 bits per heavy atom. The molecule has 2 aromatic rings. The number of H-pyrrole nitrogens is 1. The van der Waals surface area contributed by atoms with Crippen LogP contribution < -0.4 is 5.56 Å². The molecule has 0 aromatic carbocycles. The molecule has 0 spiro atoms. The summed E-state index contributed by atoms with van der Waals surface area (Å²) >= 11 is 0. The Morgan fingerprint density at radius 1 is 1.58 bits per heavy atom. The van der Waals surface area contributed by atoms with E-state index in [0.717, 1.165) is 10.7 Å². The molecule has 0 aliphatic carbocycles. The lowest BCUT2D eigenvalue weighted by atomic mass is 10.5. The van der Waals surface area contributed by atoms with Crippen molar-refractivity contribution >= 4 is 11.5 Å². The van der Waals surface area contributed by atoms with E-state index < -0.39 is 5.56 Å². The van der Waals surface area contributed by atoms with Crippen molar-refractivity contribution < 1.29 is 0 Å². The van der Waals surface area contributed by atoms with Gasteiger partial charge in [-0.05, 0) is 0 Å². The first-order chi connectivity index (χ1) is 5.83. The van der Waals surface area contributed by atoms with Crippen LogP contribution >= 0.6 is 0 Å². The highest BCUT2D eigenvalue weighted by Gasteiger charge is 2.15. The van der Waals surface area contributed by atoms with Crippen molar-refractivity contribution in [2.45, 2.75) is 0 Å². The predicted octanol–water partition coefficient (Wildman–Crippen LogP) is -0.0978. The molecular formula is C5H3N6O+. The number of aromatic nitrogens is 4. The summed E-state index contributed by atoms with van der Waals surface area (Å²) in [6.07, 6.45) is 2.48. The fourth-order valence-corrected chi connectivity index (χ4v) is 0.858. The van der Waals surface area contributed by atoms with E-state index >= 15 is 0 Å². The first-order valence-corrected chi connectivity index (χ1v) is 3.09. The van der Waals surface area contributed by atoms with E-state index in [4.69, 9.17) is 5.39 Å². The summed E-state index contributed by atoms with van der Waals surface area (Å²) < 4.78 is 1.08. The van der Waals surface area contributed by atoms with Crippen LogP contribution in [-0.2, 0) is 0 Å². The lowest BCUT2D eigenvalue weighted by Gasteiger charge is -1.83. The molecule has 2 aromatic heterocycles. The third kappa shape index (κ3) is 0.687. The molecule has 1 N–H and O–H groups in total. The summed E-state index contributed by atoms with van der Waals surface area (Å²) in [5.41, 5.74) is -0.614. The summed E-state index contributed by atoms with van der Waals surface area (Å²) in [6.45, 7) is 0. The molecule has 0 fully saturated rings. The molecule has 0 aliphatic heterocycles. The number of nitrogens with zero attached hydrogens (tertiary/aromatic N) is 5. The maximum atomic E-state index is 11.2. The molecule has 0 unspecified atom stereocenters. The van der Waals surface area contributed by atoms with E-state index in [-0.39, 0.29) is 11.5 Å². The topological polar surface area (TPSA) is 91.2 Å². The Balaban J connectivity index is 3.00. The van der Waals surface area contributed by atoms with Crippen LogP contribution in [0.4, 0.5) is 5.69 Å². The third-order valence-corrected chi connectivity index (χ3v) is 1.40. The van der Waals surface area contributed by atoms with Crippen molar-refractivity contribution in [3.8, 4) is 0 Å². The van der Waals surface area contributed by atoms with Crippen LogP contribution in [0, 0.1) is 5.39 Å². The molecule has 7 heteroatoms. The van der Waals surface area contributed by atoms with Gasteiger partial charge in [-0.3, -0.25) is 9.89 Å².